The van der Waals surface area contributed by atoms with E-state index >= 15 is 0 Å². The third-order valence-electron chi connectivity index (χ3n) is 4.65. The van der Waals surface area contributed by atoms with Crippen molar-refractivity contribution in [2.75, 3.05) is 11.5 Å². The smallest absolute Gasteiger partial charge is 0.178 e. The number of benzene rings is 3. The van der Waals surface area contributed by atoms with Crippen LogP contribution in [0, 0.1) is 0 Å². The van der Waals surface area contributed by atoms with Crippen molar-refractivity contribution in [3.05, 3.63) is 100 Å². The van der Waals surface area contributed by atoms with E-state index < -0.39 is 24.9 Å². The average molecular weight is 483 g/mol. The van der Waals surface area contributed by atoms with E-state index in [0.717, 1.165) is 0 Å². The minimum atomic E-state index is -3.71. The normalized spacial score (nSPS) is 12.2. The van der Waals surface area contributed by atoms with Crippen LogP contribution in [0.25, 0.3) is 0 Å². The highest BCUT2D eigenvalue weighted by Gasteiger charge is 2.29. The summed E-state index contributed by atoms with van der Waals surface area (Å²) in [7, 11) is -7.26. The van der Waals surface area contributed by atoms with E-state index in [1.807, 2.05) is 0 Å². The first-order chi connectivity index (χ1) is 14.2. The van der Waals surface area contributed by atoms with Gasteiger partial charge in [-0.25, -0.2) is 16.8 Å². The van der Waals surface area contributed by atoms with Gasteiger partial charge in [0.25, 0.3) is 0 Å². The van der Waals surface area contributed by atoms with Crippen LogP contribution in [0.5, 0.6) is 0 Å². The molecule has 0 heterocycles. The van der Waals surface area contributed by atoms with Crippen molar-refractivity contribution in [2.24, 2.45) is 0 Å². The van der Waals surface area contributed by atoms with Crippen LogP contribution in [0.3, 0.4) is 0 Å². The monoisotopic (exact) mass is 482 g/mol. The zero-order valence-electron chi connectivity index (χ0n) is 15.9. The lowest BCUT2D eigenvalue weighted by Gasteiger charge is -2.19. The first-order valence-corrected chi connectivity index (χ1v) is 13.3. The summed E-state index contributed by atoms with van der Waals surface area (Å²) in [6, 6.07) is 21.2. The zero-order chi connectivity index (χ0) is 21.8. The molecule has 158 valence electrons. The molecule has 8 heteroatoms. The fourth-order valence-corrected chi connectivity index (χ4v) is 6.89. The fourth-order valence-electron chi connectivity index (χ4n) is 3.20. The molecule has 0 aliphatic heterocycles. The van der Waals surface area contributed by atoms with Crippen LogP contribution in [-0.4, -0.2) is 28.3 Å². The second-order valence-corrected chi connectivity index (χ2v) is 12.0. The van der Waals surface area contributed by atoms with E-state index in [-0.39, 0.29) is 22.8 Å². The van der Waals surface area contributed by atoms with E-state index in [9.17, 15) is 16.8 Å². The largest absolute Gasteiger partial charge is 0.228 e. The standard InChI is InChI=1S/C22H20Cl2O4S2/c23-19-11-7-17(8-12-19)22(18-9-13-20(24)14-10-18)30(27,28)16-4-15-29(25,26)21-5-2-1-3-6-21/h1-3,5-14,22H,4,15-16H2. The molecule has 0 atom stereocenters. The van der Waals surface area contributed by atoms with Gasteiger partial charge in [-0.15, -0.1) is 0 Å². The van der Waals surface area contributed by atoms with Gasteiger partial charge in [-0.1, -0.05) is 65.7 Å². The molecule has 3 aromatic carbocycles. The van der Waals surface area contributed by atoms with Crippen molar-refractivity contribution in [3.8, 4) is 0 Å². The van der Waals surface area contributed by atoms with Gasteiger partial charge in [-0.05, 0) is 53.9 Å². The molecule has 0 saturated carbocycles. The first-order valence-electron chi connectivity index (χ1n) is 9.19. The number of halogens is 2. The molecule has 0 aliphatic carbocycles. The maximum absolute atomic E-state index is 13.3. The summed E-state index contributed by atoms with van der Waals surface area (Å²) >= 11 is 11.9. The molecule has 0 aliphatic rings. The number of hydrogen-bond donors (Lipinski definition) is 0. The summed E-state index contributed by atoms with van der Waals surface area (Å²) in [5.41, 5.74) is 1.13. The van der Waals surface area contributed by atoms with Crippen LogP contribution in [0.4, 0.5) is 0 Å². The zero-order valence-corrected chi connectivity index (χ0v) is 19.1. The van der Waals surface area contributed by atoms with Gasteiger partial charge in [0, 0.05) is 10.0 Å². The molecule has 0 bridgehead atoms. The number of rotatable bonds is 8. The summed E-state index contributed by atoms with van der Waals surface area (Å²) < 4.78 is 51.5. The van der Waals surface area contributed by atoms with Crippen molar-refractivity contribution >= 4 is 42.9 Å². The number of sulfone groups is 2. The van der Waals surface area contributed by atoms with Crippen molar-refractivity contribution < 1.29 is 16.8 Å². The van der Waals surface area contributed by atoms with Crippen LogP contribution >= 0.6 is 23.2 Å². The predicted molar refractivity (Wildman–Crippen MR) is 122 cm³/mol. The average Bonchev–Trinajstić information content (AvgIpc) is 2.71. The lowest BCUT2D eigenvalue weighted by molar-refractivity contribution is 0.585. The Hall–Kier alpha value is -1.86. The molecule has 0 spiro atoms. The Morgan fingerprint density at radius 1 is 0.633 bits per heavy atom. The molecule has 4 nitrogen and oxygen atoms in total. The summed E-state index contributed by atoms with van der Waals surface area (Å²) in [6.07, 6.45) is -0.00274. The fraction of sp³-hybridized carbons (Fsp3) is 0.182. The van der Waals surface area contributed by atoms with Crippen molar-refractivity contribution in [3.63, 3.8) is 0 Å². The predicted octanol–water partition coefficient (Wildman–Crippen LogP) is 5.36. The third-order valence-corrected chi connectivity index (χ3v) is 9.09. The second kappa shape index (κ2) is 9.52. The lowest BCUT2D eigenvalue weighted by Crippen LogP contribution is -2.20. The van der Waals surface area contributed by atoms with E-state index in [4.69, 9.17) is 23.2 Å². The molecule has 0 unspecified atom stereocenters. The quantitative estimate of drug-likeness (QED) is 0.433. The molecular weight excluding hydrogens is 463 g/mol. The van der Waals surface area contributed by atoms with Gasteiger partial charge in [0.05, 0.1) is 16.4 Å². The molecule has 0 radical (unpaired) electrons. The summed E-state index contributed by atoms with van der Waals surface area (Å²) in [5.74, 6) is -0.515. The number of hydrogen-bond acceptors (Lipinski definition) is 4. The molecule has 3 aromatic rings. The SMILES string of the molecule is O=S(=O)(CCCS(=O)(=O)C(c1ccc(Cl)cc1)c1ccc(Cl)cc1)c1ccccc1. The van der Waals surface area contributed by atoms with Crippen LogP contribution in [0.1, 0.15) is 22.8 Å². The van der Waals surface area contributed by atoms with Gasteiger partial charge in [-0.2, -0.15) is 0 Å². The maximum Gasteiger partial charge on any atom is 0.178 e. The van der Waals surface area contributed by atoms with Crippen LogP contribution < -0.4 is 0 Å². The Bertz CT molecular complexity index is 1140. The topological polar surface area (TPSA) is 68.3 Å². The summed E-state index contributed by atoms with van der Waals surface area (Å²) in [5, 5.41) is 0.0615. The Morgan fingerprint density at radius 2 is 1.10 bits per heavy atom. The van der Waals surface area contributed by atoms with Gasteiger partial charge >= 0.3 is 0 Å². The molecule has 0 fully saturated rings. The van der Waals surface area contributed by atoms with Crippen LogP contribution in [0.2, 0.25) is 10.0 Å². The molecule has 3 rings (SSSR count). The first kappa shape index (κ1) is 22.8. The Morgan fingerprint density at radius 3 is 1.57 bits per heavy atom. The van der Waals surface area contributed by atoms with Crippen molar-refractivity contribution in [1.82, 2.24) is 0 Å². The minimum absolute atomic E-state index is 0.00274. The highest BCUT2D eigenvalue weighted by molar-refractivity contribution is 7.92. The molecule has 30 heavy (non-hydrogen) atoms. The van der Waals surface area contributed by atoms with Gasteiger partial charge in [0.1, 0.15) is 5.25 Å². The summed E-state index contributed by atoms with van der Waals surface area (Å²) in [6.45, 7) is 0. The summed E-state index contributed by atoms with van der Waals surface area (Å²) in [4.78, 5) is 0.189. The highest BCUT2D eigenvalue weighted by atomic mass is 35.5. The minimum Gasteiger partial charge on any atom is -0.228 e. The van der Waals surface area contributed by atoms with Crippen molar-refractivity contribution in [1.29, 1.82) is 0 Å². The van der Waals surface area contributed by atoms with E-state index in [1.54, 1.807) is 66.7 Å². The molecule has 0 saturated heterocycles. The lowest BCUT2D eigenvalue weighted by atomic mass is 10.0. The van der Waals surface area contributed by atoms with Gasteiger partial charge < -0.3 is 0 Å². The van der Waals surface area contributed by atoms with E-state index in [2.05, 4.69) is 0 Å². The van der Waals surface area contributed by atoms with Gasteiger partial charge in [-0.3, -0.25) is 0 Å². The Kier molecular flexibility index (Phi) is 7.24. The van der Waals surface area contributed by atoms with Crippen LogP contribution in [-0.2, 0) is 19.7 Å². The van der Waals surface area contributed by atoms with Gasteiger partial charge in [0.2, 0.25) is 0 Å². The molecule has 0 aromatic heterocycles. The molecular formula is C22H20Cl2O4S2. The molecule has 0 amide bonds. The highest BCUT2D eigenvalue weighted by Crippen LogP contribution is 2.33. The maximum atomic E-state index is 13.3. The van der Waals surface area contributed by atoms with Crippen molar-refractivity contribution in [2.45, 2.75) is 16.6 Å². The van der Waals surface area contributed by atoms with E-state index in [1.165, 1.54) is 12.1 Å². The third kappa shape index (κ3) is 5.64. The van der Waals surface area contributed by atoms with E-state index in [0.29, 0.717) is 21.2 Å². The second-order valence-electron chi connectivity index (χ2n) is 6.84. The van der Waals surface area contributed by atoms with Crippen LogP contribution in [0.15, 0.2) is 83.8 Å². The molecule has 0 N–H and O–H groups in total. The Balaban J connectivity index is 1.85. The van der Waals surface area contributed by atoms with Gasteiger partial charge in [0.15, 0.2) is 19.7 Å². The Labute approximate surface area is 187 Å².